The summed E-state index contributed by atoms with van der Waals surface area (Å²) in [6, 6.07) is 5.81. The molecule has 1 unspecified atom stereocenters. The van der Waals surface area contributed by atoms with Crippen molar-refractivity contribution in [2.24, 2.45) is 0 Å². The van der Waals surface area contributed by atoms with Crippen LogP contribution in [-0.4, -0.2) is 29.8 Å². The molecule has 0 radical (unpaired) electrons. The standard InChI is InChI=1S/C12H17Cl2NOS/c1-17-8-11(4-5-16)15-7-9-2-3-10(13)6-12(9)14/h2-3,6,11,15-16H,4-5,7-8H2,1H3. The Hall–Kier alpha value is 0.0700. The molecule has 17 heavy (non-hydrogen) atoms. The van der Waals surface area contributed by atoms with Crippen LogP contribution in [0.3, 0.4) is 0 Å². The summed E-state index contributed by atoms with van der Waals surface area (Å²) in [7, 11) is 0. The molecule has 0 spiro atoms. The van der Waals surface area contributed by atoms with Gasteiger partial charge in [0, 0.05) is 35.0 Å². The van der Waals surface area contributed by atoms with Gasteiger partial charge < -0.3 is 10.4 Å². The molecule has 0 aliphatic rings. The third-order valence-corrected chi connectivity index (χ3v) is 3.76. The molecule has 0 amide bonds. The molecule has 2 nitrogen and oxygen atoms in total. The summed E-state index contributed by atoms with van der Waals surface area (Å²) in [6.45, 7) is 0.897. The fourth-order valence-corrected chi connectivity index (χ4v) is 2.68. The van der Waals surface area contributed by atoms with Gasteiger partial charge >= 0.3 is 0 Å². The molecule has 0 saturated heterocycles. The van der Waals surface area contributed by atoms with E-state index in [9.17, 15) is 0 Å². The highest BCUT2D eigenvalue weighted by molar-refractivity contribution is 7.98. The summed E-state index contributed by atoms with van der Waals surface area (Å²) in [5.41, 5.74) is 1.03. The predicted molar refractivity (Wildman–Crippen MR) is 77.2 cm³/mol. The lowest BCUT2D eigenvalue weighted by Gasteiger charge is -2.17. The summed E-state index contributed by atoms with van der Waals surface area (Å²) in [6.07, 6.45) is 2.81. The molecule has 5 heteroatoms. The molecule has 1 aromatic rings. The van der Waals surface area contributed by atoms with Crippen molar-refractivity contribution >= 4 is 35.0 Å². The average Bonchev–Trinajstić information content (AvgIpc) is 2.28. The van der Waals surface area contributed by atoms with Crippen LogP contribution in [-0.2, 0) is 6.54 Å². The Kier molecular flexibility index (Phi) is 7.32. The number of nitrogens with one attached hydrogen (secondary N) is 1. The van der Waals surface area contributed by atoms with Crippen LogP contribution in [0.25, 0.3) is 0 Å². The molecular formula is C12H17Cl2NOS. The predicted octanol–water partition coefficient (Wildman–Crippen LogP) is 3.20. The first-order valence-electron chi connectivity index (χ1n) is 5.44. The third kappa shape index (κ3) is 5.49. The van der Waals surface area contributed by atoms with E-state index >= 15 is 0 Å². The Balaban J connectivity index is 2.52. The fraction of sp³-hybridized carbons (Fsp3) is 0.500. The maximum absolute atomic E-state index is 8.96. The van der Waals surface area contributed by atoms with Crippen molar-refractivity contribution in [1.82, 2.24) is 5.32 Å². The van der Waals surface area contributed by atoms with Crippen molar-refractivity contribution in [3.8, 4) is 0 Å². The third-order valence-electron chi connectivity index (χ3n) is 2.44. The Labute approximate surface area is 117 Å². The summed E-state index contributed by atoms with van der Waals surface area (Å²) in [4.78, 5) is 0. The first-order valence-corrected chi connectivity index (χ1v) is 7.59. The van der Waals surface area contributed by atoms with E-state index in [-0.39, 0.29) is 6.61 Å². The zero-order chi connectivity index (χ0) is 12.7. The van der Waals surface area contributed by atoms with Crippen molar-refractivity contribution in [3.63, 3.8) is 0 Å². The highest BCUT2D eigenvalue weighted by Gasteiger charge is 2.08. The molecule has 1 atom stereocenters. The number of halogens is 2. The number of rotatable bonds is 7. The number of thioether (sulfide) groups is 1. The van der Waals surface area contributed by atoms with Gasteiger partial charge in [-0.3, -0.25) is 0 Å². The van der Waals surface area contributed by atoms with E-state index < -0.39 is 0 Å². The Morgan fingerprint density at radius 1 is 1.41 bits per heavy atom. The average molecular weight is 294 g/mol. The second-order valence-corrected chi connectivity index (χ2v) is 5.54. The van der Waals surface area contributed by atoms with Crippen molar-refractivity contribution in [2.45, 2.75) is 19.0 Å². The van der Waals surface area contributed by atoms with Crippen LogP contribution in [0.4, 0.5) is 0 Å². The summed E-state index contributed by atoms with van der Waals surface area (Å²) in [5.74, 6) is 0.978. The van der Waals surface area contributed by atoms with Gasteiger partial charge in [-0.1, -0.05) is 29.3 Å². The lowest BCUT2D eigenvalue weighted by molar-refractivity contribution is 0.270. The molecule has 0 saturated carbocycles. The fourth-order valence-electron chi connectivity index (χ4n) is 1.52. The van der Waals surface area contributed by atoms with Gasteiger partial charge in [-0.05, 0) is 30.4 Å². The topological polar surface area (TPSA) is 32.3 Å². The molecular weight excluding hydrogens is 277 g/mol. The van der Waals surface area contributed by atoms with Crippen molar-refractivity contribution < 1.29 is 5.11 Å². The molecule has 0 heterocycles. The lowest BCUT2D eigenvalue weighted by Crippen LogP contribution is -2.31. The van der Waals surface area contributed by atoms with E-state index in [4.69, 9.17) is 28.3 Å². The normalized spacial score (nSPS) is 12.7. The highest BCUT2D eigenvalue weighted by Crippen LogP contribution is 2.21. The molecule has 2 N–H and O–H groups in total. The van der Waals surface area contributed by atoms with Gasteiger partial charge in [-0.15, -0.1) is 0 Å². The van der Waals surface area contributed by atoms with Gasteiger partial charge in [0.05, 0.1) is 0 Å². The van der Waals surface area contributed by atoms with E-state index in [1.807, 2.05) is 12.1 Å². The zero-order valence-electron chi connectivity index (χ0n) is 9.75. The minimum absolute atomic E-state index is 0.201. The van der Waals surface area contributed by atoms with E-state index in [0.29, 0.717) is 22.6 Å². The maximum atomic E-state index is 8.96. The smallest absolute Gasteiger partial charge is 0.0465 e. The van der Waals surface area contributed by atoms with Gasteiger partial charge in [-0.2, -0.15) is 11.8 Å². The monoisotopic (exact) mass is 293 g/mol. The van der Waals surface area contributed by atoms with Crippen LogP contribution in [0, 0.1) is 0 Å². The molecule has 0 aromatic heterocycles. The van der Waals surface area contributed by atoms with Crippen LogP contribution in [0.2, 0.25) is 10.0 Å². The second-order valence-electron chi connectivity index (χ2n) is 3.78. The number of hydrogen-bond acceptors (Lipinski definition) is 3. The quantitative estimate of drug-likeness (QED) is 0.810. The molecule has 0 bridgehead atoms. The van der Waals surface area contributed by atoms with E-state index in [1.165, 1.54) is 0 Å². The number of benzene rings is 1. The number of aliphatic hydroxyl groups is 1. The van der Waals surface area contributed by atoms with Crippen LogP contribution in [0.15, 0.2) is 18.2 Å². The maximum Gasteiger partial charge on any atom is 0.0465 e. The summed E-state index contributed by atoms with van der Waals surface area (Å²) >= 11 is 13.7. The Morgan fingerprint density at radius 3 is 2.76 bits per heavy atom. The zero-order valence-corrected chi connectivity index (χ0v) is 12.1. The van der Waals surface area contributed by atoms with Gasteiger partial charge in [0.25, 0.3) is 0 Å². The van der Waals surface area contributed by atoms with Crippen LogP contribution in [0.5, 0.6) is 0 Å². The SMILES string of the molecule is CSCC(CCO)NCc1ccc(Cl)cc1Cl. The van der Waals surface area contributed by atoms with Gasteiger partial charge in [-0.25, -0.2) is 0 Å². The largest absolute Gasteiger partial charge is 0.396 e. The summed E-state index contributed by atoms with van der Waals surface area (Å²) in [5, 5.41) is 13.7. The Bertz CT molecular complexity index is 343. The Morgan fingerprint density at radius 2 is 2.18 bits per heavy atom. The lowest BCUT2D eigenvalue weighted by atomic mass is 10.2. The molecule has 1 aromatic carbocycles. The first-order chi connectivity index (χ1) is 8.17. The van der Waals surface area contributed by atoms with Crippen molar-refractivity contribution in [3.05, 3.63) is 33.8 Å². The molecule has 0 fully saturated rings. The van der Waals surface area contributed by atoms with Crippen molar-refractivity contribution in [1.29, 1.82) is 0 Å². The van der Waals surface area contributed by atoms with Crippen LogP contribution < -0.4 is 5.32 Å². The van der Waals surface area contributed by atoms with E-state index in [2.05, 4.69) is 11.6 Å². The van der Waals surface area contributed by atoms with Gasteiger partial charge in [0.2, 0.25) is 0 Å². The van der Waals surface area contributed by atoms with Crippen LogP contribution in [0.1, 0.15) is 12.0 Å². The van der Waals surface area contributed by atoms with E-state index in [1.54, 1.807) is 17.8 Å². The van der Waals surface area contributed by atoms with E-state index in [0.717, 1.165) is 17.7 Å². The van der Waals surface area contributed by atoms with Gasteiger partial charge in [0.1, 0.15) is 0 Å². The first kappa shape index (κ1) is 15.1. The number of aliphatic hydroxyl groups excluding tert-OH is 1. The molecule has 1 rings (SSSR count). The minimum Gasteiger partial charge on any atom is -0.396 e. The minimum atomic E-state index is 0.201. The van der Waals surface area contributed by atoms with Gasteiger partial charge in [0.15, 0.2) is 0 Å². The highest BCUT2D eigenvalue weighted by atomic mass is 35.5. The van der Waals surface area contributed by atoms with Crippen molar-refractivity contribution in [2.75, 3.05) is 18.6 Å². The number of hydrogen-bond donors (Lipinski definition) is 2. The molecule has 0 aliphatic carbocycles. The second kappa shape index (κ2) is 8.22. The molecule has 96 valence electrons. The van der Waals surface area contributed by atoms with Crippen LogP contribution >= 0.6 is 35.0 Å². The summed E-state index contributed by atoms with van der Waals surface area (Å²) < 4.78 is 0. The molecule has 0 aliphatic heterocycles.